The van der Waals surface area contributed by atoms with Gasteiger partial charge in [-0.1, -0.05) is 26.8 Å². The molecular weight excluding hydrogens is 326 g/mol. The lowest BCUT2D eigenvalue weighted by Gasteiger charge is -2.14. The van der Waals surface area contributed by atoms with E-state index < -0.39 is 0 Å². The van der Waals surface area contributed by atoms with Gasteiger partial charge in [-0.25, -0.2) is 4.98 Å². The molecule has 1 unspecified atom stereocenters. The van der Waals surface area contributed by atoms with Crippen molar-refractivity contribution in [2.75, 3.05) is 0 Å². The molecule has 3 heterocycles. The Bertz CT molecular complexity index is 844. The minimum atomic E-state index is 0.610. The van der Waals surface area contributed by atoms with E-state index in [-0.39, 0.29) is 0 Å². The summed E-state index contributed by atoms with van der Waals surface area (Å²) in [5.41, 5.74) is 2.58. The van der Waals surface area contributed by atoms with E-state index in [1.165, 1.54) is 40.3 Å². The summed E-state index contributed by atoms with van der Waals surface area (Å²) in [7, 11) is 0. The van der Waals surface area contributed by atoms with E-state index in [1.807, 2.05) is 34.0 Å². The lowest BCUT2D eigenvalue weighted by molar-refractivity contribution is 0.780. The minimum absolute atomic E-state index is 0.610. The molecule has 0 saturated heterocycles. The van der Waals surface area contributed by atoms with Crippen LogP contribution >= 0.6 is 34.0 Å². The SMILES string of the molecule is CC1=CCC(C)c2sc(-c3cc4sc(C(C)C)cc4s3)nc21. The fourth-order valence-electron chi connectivity index (χ4n) is 2.86. The standard InChI is InChI=1S/C18H19NS3/c1-9(2)12-7-13-14(20-12)8-15(21-13)18-19-16-10(3)5-6-11(4)17(16)22-18/h5,7-9,11H,6H2,1-4H3. The summed E-state index contributed by atoms with van der Waals surface area (Å²) in [6.45, 7) is 9.03. The van der Waals surface area contributed by atoms with Gasteiger partial charge in [-0.2, -0.15) is 0 Å². The van der Waals surface area contributed by atoms with Crippen LogP contribution in [0.15, 0.2) is 18.2 Å². The molecule has 0 bridgehead atoms. The van der Waals surface area contributed by atoms with Crippen molar-refractivity contribution in [3.63, 3.8) is 0 Å². The lowest BCUT2D eigenvalue weighted by atomic mass is 9.95. The first-order valence-corrected chi connectivity index (χ1v) is 10.2. The third-order valence-corrected chi connectivity index (χ3v) is 8.31. The third-order valence-electron chi connectivity index (χ3n) is 4.26. The zero-order valence-corrected chi connectivity index (χ0v) is 15.7. The number of thiophene rings is 2. The molecule has 0 spiro atoms. The number of aromatic nitrogens is 1. The van der Waals surface area contributed by atoms with E-state index in [1.54, 1.807) is 0 Å². The van der Waals surface area contributed by atoms with Crippen LogP contribution in [0.1, 0.15) is 61.4 Å². The Morgan fingerprint density at radius 3 is 2.59 bits per heavy atom. The monoisotopic (exact) mass is 345 g/mol. The van der Waals surface area contributed by atoms with Crippen LogP contribution in [-0.2, 0) is 0 Å². The van der Waals surface area contributed by atoms with Gasteiger partial charge in [0.1, 0.15) is 5.01 Å². The highest BCUT2D eigenvalue weighted by Crippen LogP contribution is 2.45. The van der Waals surface area contributed by atoms with E-state index in [9.17, 15) is 0 Å². The highest BCUT2D eigenvalue weighted by atomic mass is 32.1. The maximum Gasteiger partial charge on any atom is 0.134 e. The van der Waals surface area contributed by atoms with Gasteiger partial charge in [0.2, 0.25) is 0 Å². The van der Waals surface area contributed by atoms with E-state index in [4.69, 9.17) is 4.98 Å². The molecule has 4 rings (SSSR count). The van der Waals surface area contributed by atoms with Crippen LogP contribution in [0.2, 0.25) is 0 Å². The highest BCUT2D eigenvalue weighted by Gasteiger charge is 2.23. The maximum absolute atomic E-state index is 4.95. The van der Waals surface area contributed by atoms with Crippen molar-refractivity contribution >= 4 is 49.0 Å². The molecule has 4 heteroatoms. The predicted molar refractivity (Wildman–Crippen MR) is 102 cm³/mol. The summed E-state index contributed by atoms with van der Waals surface area (Å²) in [5.74, 6) is 1.23. The molecule has 0 saturated carbocycles. The van der Waals surface area contributed by atoms with Gasteiger partial charge in [-0.3, -0.25) is 0 Å². The van der Waals surface area contributed by atoms with Crippen LogP contribution < -0.4 is 0 Å². The molecule has 1 aliphatic carbocycles. The van der Waals surface area contributed by atoms with Crippen molar-refractivity contribution in [3.05, 3.63) is 33.7 Å². The molecule has 1 aliphatic rings. The van der Waals surface area contributed by atoms with Crippen LogP contribution in [0.25, 0.3) is 24.9 Å². The Morgan fingerprint density at radius 2 is 1.91 bits per heavy atom. The van der Waals surface area contributed by atoms with Gasteiger partial charge < -0.3 is 0 Å². The Morgan fingerprint density at radius 1 is 1.14 bits per heavy atom. The summed E-state index contributed by atoms with van der Waals surface area (Å²) in [6, 6.07) is 4.70. The first-order chi connectivity index (χ1) is 10.5. The average molecular weight is 346 g/mol. The van der Waals surface area contributed by atoms with Crippen LogP contribution in [0.3, 0.4) is 0 Å². The van der Waals surface area contributed by atoms with E-state index >= 15 is 0 Å². The molecule has 22 heavy (non-hydrogen) atoms. The second-order valence-corrected chi connectivity index (χ2v) is 9.63. The molecule has 3 aromatic heterocycles. The van der Waals surface area contributed by atoms with Crippen molar-refractivity contribution in [2.45, 2.75) is 46.0 Å². The van der Waals surface area contributed by atoms with Crippen LogP contribution in [0.4, 0.5) is 0 Å². The lowest BCUT2D eigenvalue weighted by Crippen LogP contribution is -1.99. The zero-order valence-electron chi connectivity index (χ0n) is 13.3. The fraction of sp³-hybridized carbons (Fsp3) is 0.389. The van der Waals surface area contributed by atoms with Crippen molar-refractivity contribution in [1.82, 2.24) is 4.98 Å². The minimum Gasteiger partial charge on any atom is -0.235 e. The zero-order chi connectivity index (χ0) is 15.4. The summed E-state index contributed by atoms with van der Waals surface area (Å²) < 4.78 is 2.83. The first kappa shape index (κ1) is 14.6. The summed E-state index contributed by atoms with van der Waals surface area (Å²) in [4.78, 5) is 9.23. The summed E-state index contributed by atoms with van der Waals surface area (Å²) >= 11 is 5.72. The normalized spacial score (nSPS) is 18.0. The van der Waals surface area contributed by atoms with Crippen LogP contribution in [-0.4, -0.2) is 4.98 Å². The molecule has 0 N–H and O–H groups in total. The summed E-state index contributed by atoms with van der Waals surface area (Å²) in [5, 5.41) is 1.20. The fourth-order valence-corrected chi connectivity index (χ4v) is 6.50. The van der Waals surface area contributed by atoms with Crippen molar-refractivity contribution in [1.29, 1.82) is 0 Å². The van der Waals surface area contributed by atoms with Gasteiger partial charge in [0.15, 0.2) is 0 Å². The topological polar surface area (TPSA) is 12.9 Å². The number of thiazole rings is 1. The highest BCUT2D eigenvalue weighted by molar-refractivity contribution is 7.31. The second-order valence-electron chi connectivity index (χ2n) is 6.40. The van der Waals surface area contributed by atoms with Gasteiger partial charge in [0.25, 0.3) is 0 Å². The Balaban J connectivity index is 1.78. The second kappa shape index (κ2) is 5.29. The molecule has 0 amide bonds. The maximum atomic E-state index is 4.95. The molecule has 1 nitrogen and oxygen atoms in total. The van der Waals surface area contributed by atoms with Crippen molar-refractivity contribution < 1.29 is 0 Å². The summed E-state index contributed by atoms with van der Waals surface area (Å²) in [6.07, 6.45) is 3.48. The smallest absolute Gasteiger partial charge is 0.134 e. The molecule has 0 aromatic carbocycles. The Kier molecular flexibility index (Phi) is 3.51. The molecule has 1 atom stereocenters. The molecule has 0 aliphatic heterocycles. The van der Waals surface area contributed by atoms with E-state index in [2.05, 4.69) is 45.9 Å². The molecule has 114 valence electrons. The molecule has 3 aromatic rings. The molecular formula is C18H19NS3. The number of rotatable bonds is 2. The number of allylic oxidation sites excluding steroid dienone is 2. The average Bonchev–Trinajstić information content (AvgIpc) is 3.13. The number of hydrogen-bond acceptors (Lipinski definition) is 4. The van der Waals surface area contributed by atoms with Gasteiger partial charge in [-0.15, -0.1) is 34.0 Å². The van der Waals surface area contributed by atoms with Gasteiger partial charge in [0.05, 0.1) is 10.6 Å². The Labute approximate surface area is 143 Å². The van der Waals surface area contributed by atoms with Crippen molar-refractivity contribution in [3.8, 4) is 9.88 Å². The van der Waals surface area contributed by atoms with Gasteiger partial charge in [0, 0.05) is 19.2 Å². The van der Waals surface area contributed by atoms with E-state index in [0.717, 1.165) is 6.42 Å². The largest absolute Gasteiger partial charge is 0.235 e. The quantitative estimate of drug-likeness (QED) is 0.482. The van der Waals surface area contributed by atoms with Gasteiger partial charge in [-0.05, 0) is 42.9 Å². The Hall–Kier alpha value is -0.970. The first-order valence-electron chi connectivity index (χ1n) is 7.74. The number of hydrogen-bond donors (Lipinski definition) is 0. The van der Waals surface area contributed by atoms with Crippen LogP contribution in [0.5, 0.6) is 0 Å². The molecule has 0 fully saturated rings. The number of fused-ring (bicyclic) bond motifs is 2. The number of nitrogens with zero attached hydrogens (tertiary/aromatic N) is 1. The van der Waals surface area contributed by atoms with E-state index in [0.29, 0.717) is 11.8 Å². The van der Waals surface area contributed by atoms with Gasteiger partial charge >= 0.3 is 0 Å². The molecule has 0 radical (unpaired) electrons. The van der Waals surface area contributed by atoms with Crippen molar-refractivity contribution in [2.24, 2.45) is 0 Å². The van der Waals surface area contributed by atoms with Crippen LogP contribution in [0, 0.1) is 0 Å². The third kappa shape index (κ3) is 2.29. The predicted octanol–water partition coefficient (Wildman–Crippen LogP) is 7.12.